The van der Waals surface area contributed by atoms with E-state index in [-0.39, 0.29) is 30.1 Å². The summed E-state index contributed by atoms with van der Waals surface area (Å²) in [6.07, 6.45) is 5.79. The van der Waals surface area contributed by atoms with Crippen LogP contribution >= 0.6 is 24.0 Å². The van der Waals surface area contributed by atoms with E-state index < -0.39 is 0 Å². The van der Waals surface area contributed by atoms with E-state index in [0.29, 0.717) is 12.7 Å². The summed E-state index contributed by atoms with van der Waals surface area (Å²) < 4.78 is 22.3. The molecule has 2 saturated heterocycles. The van der Waals surface area contributed by atoms with E-state index in [1.54, 1.807) is 0 Å². The van der Waals surface area contributed by atoms with Crippen LogP contribution in [-0.2, 0) is 18.9 Å². The summed E-state index contributed by atoms with van der Waals surface area (Å²) in [6.45, 7) is 9.22. The maximum Gasteiger partial charge on any atom is 0.191 e. The van der Waals surface area contributed by atoms with Crippen molar-refractivity contribution in [3.8, 4) is 0 Å². The highest BCUT2D eigenvalue weighted by molar-refractivity contribution is 14.0. The fourth-order valence-corrected chi connectivity index (χ4v) is 2.86. The molecule has 2 atom stereocenters. The van der Waals surface area contributed by atoms with Gasteiger partial charge >= 0.3 is 0 Å². The molecule has 0 saturated carbocycles. The first kappa shape index (κ1) is 23.9. The first-order valence-electron chi connectivity index (χ1n) is 9.79. The first-order chi connectivity index (χ1) is 12.4. The van der Waals surface area contributed by atoms with Crippen LogP contribution in [0.25, 0.3) is 0 Å². The van der Waals surface area contributed by atoms with Gasteiger partial charge in [0, 0.05) is 46.1 Å². The summed E-state index contributed by atoms with van der Waals surface area (Å²) >= 11 is 0. The van der Waals surface area contributed by atoms with Crippen LogP contribution < -0.4 is 10.6 Å². The molecule has 0 aromatic heterocycles. The van der Waals surface area contributed by atoms with Crippen molar-refractivity contribution in [2.75, 3.05) is 59.3 Å². The van der Waals surface area contributed by atoms with E-state index in [0.717, 1.165) is 90.7 Å². The predicted molar refractivity (Wildman–Crippen MR) is 114 cm³/mol. The molecule has 2 rings (SSSR count). The van der Waals surface area contributed by atoms with Gasteiger partial charge in [-0.25, -0.2) is 0 Å². The van der Waals surface area contributed by atoms with Gasteiger partial charge < -0.3 is 29.6 Å². The second-order valence-corrected chi connectivity index (χ2v) is 6.46. The molecule has 0 spiro atoms. The molecule has 0 amide bonds. The second kappa shape index (κ2) is 15.9. The Labute approximate surface area is 175 Å². The summed E-state index contributed by atoms with van der Waals surface area (Å²) in [5.41, 5.74) is 0. The van der Waals surface area contributed by atoms with Gasteiger partial charge in [0.2, 0.25) is 0 Å². The molecule has 2 aliphatic rings. The standard InChI is InChI=1S/C18H35N3O4.HI/c1-2-19-18(21-9-5-12-25-17-7-13-23-15-17)20-8-4-10-22-14-16-6-3-11-24-16;/h16-17H,2-15H2,1H3,(H2,19,20,21);1H. The van der Waals surface area contributed by atoms with E-state index in [1.807, 2.05) is 0 Å². The summed E-state index contributed by atoms with van der Waals surface area (Å²) in [6, 6.07) is 0. The molecule has 26 heavy (non-hydrogen) atoms. The average molecular weight is 485 g/mol. The van der Waals surface area contributed by atoms with E-state index in [2.05, 4.69) is 22.5 Å². The monoisotopic (exact) mass is 485 g/mol. The van der Waals surface area contributed by atoms with Crippen molar-refractivity contribution in [1.29, 1.82) is 0 Å². The third-order valence-corrected chi connectivity index (χ3v) is 4.24. The normalized spacial score (nSPS) is 23.0. The number of nitrogens with zero attached hydrogens (tertiary/aromatic N) is 1. The fraction of sp³-hybridized carbons (Fsp3) is 0.944. The first-order valence-corrected chi connectivity index (χ1v) is 9.79. The minimum Gasteiger partial charge on any atom is -0.379 e. The molecule has 2 heterocycles. The molecule has 2 unspecified atom stereocenters. The molecule has 2 N–H and O–H groups in total. The van der Waals surface area contributed by atoms with Crippen LogP contribution in [0.4, 0.5) is 0 Å². The number of halogens is 1. The Morgan fingerprint density at radius 2 is 2.08 bits per heavy atom. The Kier molecular flexibility index (Phi) is 14.6. The average Bonchev–Trinajstić information content (AvgIpc) is 3.31. The van der Waals surface area contributed by atoms with Crippen molar-refractivity contribution in [3.63, 3.8) is 0 Å². The smallest absolute Gasteiger partial charge is 0.191 e. The Morgan fingerprint density at radius 3 is 2.81 bits per heavy atom. The van der Waals surface area contributed by atoms with Crippen molar-refractivity contribution < 1.29 is 18.9 Å². The van der Waals surface area contributed by atoms with Crippen molar-refractivity contribution in [1.82, 2.24) is 10.6 Å². The van der Waals surface area contributed by atoms with E-state index >= 15 is 0 Å². The van der Waals surface area contributed by atoms with Crippen LogP contribution in [-0.4, -0.2) is 77.4 Å². The number of guanidine groups is 1. The highest BCUT2D eigenvalue weighted by atomic mass is 127. The number of rotatable bonds is 12. The summed E-state index contributed by atoms with van der Waals surface area (Å²) in [5.74, 6) is 0.867. The van der Waals surface area contributed by atoms with Gasteiger partial charge in [-0.1, -0.05) is 0 Å². The molecule has 0 aliphatic carbocycles. The highest BCUT2D eigenvalue weighted by Crippen LogP contribution is 2.11. The molecule has 0 bridgehead atoms. The zero-order valence-electron chi connectivity index (χ0n) is 16.0. The molecular formula is C18H36IN3O4. The molecule has 8 heteroatoms. The Hall–Kier alpha value is -0.160. The van der Waals surface area contributed by atoms with Gasteiger partial charge in [-0.05, 0) is 39.0 Å². The molecule has 154 valence electrons. The number of nitrogens with one attached hydrogen (secondary N) is 2. The van der Waals surface area contributed by atoms with Gasteiger partial charge in [0.1, 0.15) is 0 Å². The molecule has 0 aromatic rings. The van der Waals surface area contributed by atoms with Crippen molar-refractivity contribution in [2.24, 2.45) is 4.99 Å². The zero-order valence-corrected chi connectivity index (χ0v) is 18.4. The van der Waals surface area contributed by atoms with Gasteiger partial charge in [-0.2, -0.15) is 0 Å². The largest absolute Gasteiger partial charge is 0.379 e. The minimum atomic E-state index is 0. The second-order valence-electron chi connectivity index (χ2n) is 6.46. The summed E-state index contributed by atoms with van der Waals surface area (Å²) in [7, 11) is 0. The van der Waals surface area contributed by atoms with Crippen molar-refractivity contribution >= 4 is 29.9 Å². The SMILES string of the molecule is CCNC(=NCCCOCC1CCCO1)NCCCOC1CCOC1.I. The van der Waals surface area contributed by atoms with Crippen molar-refractivity contribution in [3.05, 3.63) is 0 Å². The third kappa shape index (κ3) is 10.9. The highest BCUT2D eigenvalue weighted by Gasteiger charge is 2.15. The van der Waals surface area contributed by atoms with E-state index in [1.165, 1.54) is 0 Å². The Balaban J connectivity index is 0.00000338. The molecule has 7 nitrogen and oxygen atoms in total. The Morgan fingerprint density at radius 1 is 1.15 bits per heavy atom. The van der Waals surface area contributed by atoms with Crippen LogP contribution in [0.15, 0.2) is 4.99 Å². The number of hydrogen-bond donors (Lipinski definition) is 2. The maximum atomic E-state index is 5.76. The van der Waals surface area contributed by atoms with Crippen LogP contribution in [0.5, 0.6) is 0 Å². The topological polar surface area (TPSA) is 73.3 Å². The number of hydrogen-bond acceptors (Lipinski definition) is 5. The third-order valence-electron chi connectivity index (χ3n) is 4.24. The van der Waals surface area contributed by atoms with Gasteiger partial charge in [0.05, 0.1) is 25.4 Å². The lowest BCUT2D eigenvalue weighted by Crippen LogP contribution is -2.38. The van der Waals surface area contributed by atoms with E-state index in [4.69, 9.17) is 18.9 Å². The van der Waals surface area contributed by atoms with Crippen LogP contribution in [0.1, 0.15) is 39.0 Å². The summed E-state index contributed by atoms with van der Waals surface area (Å²) in [4.78, 5) is 4.58. The van der Waals surface area contributed by atoms with Gasteiger partial charge in [-0.15, -0.1) is 24.0 Å². The van der Waals surface area contributed by atoms with Crippen LogP contribution in [0.2, 0.25) is 0 Å². The van der Waals surface area contributed by atoms with Crippen LogP contribution in [0.3, 0.4) is 0 Å². The molecule has 2 aliphatic heterocycles. The number of ether oxygens (including phenoxy) is 4. The fourth-order valence-electron chi connectivity index (χ4n) is 2.86. The lowest BCUT2D eigenvalue weighted by Gasteiger charge is -2.13. The van der Waals surface area contributed by atoms with E-state index in [9.17, 15) is 0 Å². The molecule has 0 radical (unpaired) electrons. The van der Waals surface area contributed by atoms with Gasteiger partial charge in [0.25, 0.3) is 0 Å². The maximum absolute atomic E-state index is 5.76. The van der Waals surface area contributed by atoms with Gasteiger partial charge in [0.15, 0.2) is 5.96 Å². The zero-order chi connectivity index (χ0) is 17.6. The Bertz CT molecular complexity index is 362. The van der Waals surface area contributed by atoms with Crippen LogP contribution in [0, 0.1) is 0 Å². The lowest BCUT2D eigenvalue weighted by atomic mass is 10.2. The summed E-state index contributed by atoms with van der Waals surface area (Å²) in [5, 5.41) is 6.62. The molecule has 2 fully saturated rings. The van der Waals surface area contributed by atoms with Gasteiger partial charge in [-0.3, -0.25) is 4.99 Å². The molecule has 0 aromatic carbocycles. The van der Waals surface area contributed by atoms with Crippen molar-refractivity contribution in [2.45, 2.75) is 51.2 Å². The quantitative estimate of drug-likeness (QED) is 0.191. The predicted octanol–water partition coefficient (Wildman–Crippen LogP) is 1.94. The minimum absolute atomic E-state index is 0. The lowest BCUT2D eigenvalue weighted by molar-refractivity contribution is 0.0171. The molecular weight excluding hydrogens is 449 g/mol. The number of aliphatic imine (C=N–C) groups is 1.